The number of hydrogen-bond donors (Lipinski definition) is 1. The van der Waals surface area contributed by atoms with Gasteiger partial charge in [0, 0.05) is 37.4 Å². The van der Waals surface area contributed by atoms with E-state index in [1.54, 1.807) is 6.07 Å². The average molecular weight is 477 g/mol. The molecule has 1 saturated heterocycles. The predicted molar refractivity (Wildman–Crippen MR) is 118 cm³/mol. The second-order valence-corrected chi connectivity index (χ2v) is 7.74. The van der Waals surface area contributed by atoms with Crippen LogP contribution in [0.4, 0.5) is 19.0 Å². The summed E-state index contributed by atoms with van der Waals surface area (Å²) in [5, 5.41) is 3.58. The van der Waals surface area contributed by atoms with Gasteiger partial charge in [0.05, 0.1) is 18.2 Å². The molecule has 1 aromatic heterocycles. The first-order valence-corrected chi connectivity index (χ1v) is 10.2. The molecule has 1 N–H and O–H groups in total. The van der Waals surface area contributed by atoms with Gasteiger partial charge in [0.15, 0.2) is 0 Å². The van der Waals surface area contributed by atoms with Crippen LogP contribution in [0.3, 0.4) is 0 Å². The summed E-state index contributed by atoms with van der Waals surface area (Å²) >= 11 is 6.19. The molecular weight excluding hydrogens is 452 g/mol. The highest BCUT2D eigenvalue weighted by Crippen LogP contribution is 2.29. The van der Waals surface area contributed by atoms with Crippen LogP contribution < -0.4 is 10.2 Å². The Bertz CT molecular complexity index is 864. The zero-order chi connectivity index (χ0) is 21.7. The van der Waals surface area contributed by atoms with Crippen LogP contribution in [0.15, 0.2) is 42.6 Å². The van der Waals surface area contributed by atoms with Crippen molar-refractivity contribution in [1.82, 2.24) is 15.2 Å². The maximum atomic E-state index is 12.7. The number of benzene rings is 1. The zero-order valence-corrected chi connectivity index (χ0v) is 18.6. The van der Waals surface area contributed by atoms with Crippen molar-refractivity contribution in [3.8, 4) is 0 Å². The Morgan fingerprint density at radius 3 is 2.55 bits per heavy atom. The Kier molecular flexibility index (Phi) is 8.97. The number of alkyl halides is 3. The smallest absolute Gasteiger partial charge is 0.355 e. The second kappa shape index (κ2) is 11.0. The minimum Gasteiger partial charge on any atom is -0.355 e. The highest BCUT2D eigenvalue weighted by molar-refractivity contribution is 6.31. The van der Waals surface area contributed by atoms with Gasteiger partial charge in [0.1, 0.15) is 5.82 Å². The third kappa shape index (κ3) is 6.98. The lowest BCUT2D eigenvalue weighted by Crippen LogP contribution is -2.40. The van der Waals surface area contributed by atoms with Gasteiger partial charge in [-0.05, 0) is 37.1 Å². The van der Waals surface area contributed by atoms with Crippen molar-refractivity contribution < 1.29 is 18.0 Å². The minimum atomic E-state index is -4.39. The van der Waals surface area contributed by atoms with Crippen LogP contribution in [0.5, 0.6) is 0 Å². The molecule has 5 nitrogen and oxygen atoms in total. The number of aromatic nitrogens is 1. The Balaban J connectivity index is 0.00000341. The van der Waals surface area contributed by atoms with E-state index in [1.165, 1.54) is 6.07 Å². The van der Waals surface area contributed by atoms with Gasteiger partial charge in [-0.3, -0.25) is 9.69 Å². The average Bonchev–Trinajstić information content (AvgIpc) is 2.93. The number of carbonyl (C=O) groups excluding carboxylic acids is 1. The highest BCUT2D eigenvalue weighted by atomic mass is 35.5. The lowest BCUT2D eigenvalue weighted by atomic mass is 10.1. The first-order valence-electron chi connectivity index (χ1n) is 9.78. The normalized spacial score (nSPS) is 16.2. The number of hydrogen-bond acceptors (Lipinski definition) is 4. The molecule has 0 spiro atoms. The van der Waals surface area contributed by atoms with Crippen LogP contribution in [0.1, 0.15) is 30.5 Å². The number of anilines is 1. The zero-order valence-electron chi connectivity index (χ0n) is 17.0. The van der Waals surface area contributed by atoms with E-state index in [0.29, 0.717) is 30.5 Å². The molecule has 0 bridgehead atoms. The third-order valence-electron chi connectivity index (χ3n) is 5.10. The van der Waals surface area contributed by atoms with Gasteiger partial charge in [0.25, 0.3) is 0 Å². The van der Waals surface area contributed by atoms with Crippen LogP contribution in [0, 0.1) is 0 Å². The quantitative estimate of drug-likeness (QED) is 0.686. The summed E-state index contributed by atoms with van der Waals surface area (Å²) < 4.78 is 38.1. The van der Waals surface area contributed by atoms with Crippen LogP contribution in [-0.4, -0.2) is 48.5 Å². The Morgan fingerprint density at radius 2 is 1.90 bits per heavy atom. The van der Waals surface area contributed by atoms with Crippen molar-refractivity contribution >= 4 is 35.7 Å². The van der Waals surface area contributed by atoms with E-state index in [4.69, 9.17) is 11.6 Å². The molecular formula is C21H25Cl2F3N4O. The number of nitrogens with zero attached hydrogens (tertiary/aromatic N) is 3. The number of carbonyl (C=O) groups is 1. The van der Waals surface area contributed by atoms with E-state index in [-0.39, 0.29) is 30.9 Å². The summed E-state index contributed by atoms with van der Waals surface area (Å²) in [6, 6.07) is 9.64. The summed E-state index contributed by atoms with van der Waals surface area (Å²) in [5.74, 6) is 0.421. The highest BCUT2D eigenvalue weighted by Gasteiger charge is 2.31. The molecule has 31 heavy (non-hydrogen) atoms. The van der Waals surface area contributed by atoms with Gasteiger partial charge in [0.2, 0.25) is 5.91 Å². The van der Waals surface area contributed by atoms with Gasteiger partial charge in [-0.1, -0.05) is 29.8 Å². The molecule has 0 radical (unpaired) electrons. The molecule has 1 unspecified atom stereocenters. The summed E-state index contributed by atoms with van der Waals surface area (Å²) in [6.45, 7) is 4.75. The SMILES string of the molecule is CC(NC(=O)CN1CCCN(c2ccc(C(F)(F)F)cn2)CC1)c1ccccc1Cl.Cl. The lowest BCUT2D eigenvalue weighted by molar-refractivity contribution is -0.137. The summed E-state index contributed by atoms with van der Waals surface area (Å²) in [7, 11) is 0. The predicted octanol–water partition coefficient (Wildman–Crippen LogP) is 4.57. The fourth-order valence-electron chi connectivity index (χ4n) is 3.49. The summed E-state index contributed by atoms with van der Waals surface area (Å²) in [4.78, 5) is 20.4. The number of pyridine rings is 1. The van der Waals surface area contributed by atoms with Crippen LogP contribution >= 0.6 is 24.0 Å². The summed E-state index contributed by atoms with van der Waals surface area (Å²) in [6.07, 6.45) is -2.74. The van der Waals surface area contributed by atoms with Gasteiger partial charge >= 0.3 is 6.18 Å². The molecule has 3 rings (SSSR count). The Morgan fingerprint density at radius 1 is 1.16 bits per heavy atom. The lowest BCUT2D eigenvalue weighted by Gasteiger charge is -2.23. The molecule has 1 fully saturated rings. The topological polar surface area (TPSA) is 48.5 Å². The maximum absolute atomic E-state index is 12.7. The van der Waals surface area contributed by atoms with Crippen molar-refractivity contribution in [2.24, 2.45) is 0 Å². The van der Waals surface area contributed by atoms with Crippen LogP contribution in [0.2, 0.25) is 5.02 Å². The molecule has 2 heterocycles. The minimum absolute atomic E-state index is 0. The van der Waals surface area contributed by atoms with E-state index in [0.717, 1.165) is 30.8 Å². The van der Waals surface area contributed by atoms with E-state index in [1.807, 2.05) is 34.9 Å². The first-order chi connectivity index (χ1) is 14.2. The first kappa shape index (κ1) is 25.2. The molecule has 1 amide bonds. The second-order valence-electron chi connectivity index (χ2n) is 7.33. The van der Waals surface area contributed by atoms with E-state index >= 15 is 0 Å². The van der Waals surface area contributed by atoms with Crippen molar-refractivity contribution in [2.75, 3.05) is 37.6 Å². The standard InChI is InChI=1S/C21H24ClF3N4O.ClH/c1-15(17-5-2-3-6-18(17)22)27-20(30)14-28-9-4-10-29(12-11-28)19-8-7-16(13-26-19)21(23,24)25;/h2-3,5-8,13,15H,4,9-12,14H2,1H3,(H,27,30);1H. The number of amides is 1. The Labute approximate surface area is 191 Å². The van der Waals surface area contributed by atoms with Crippen molar-refractivity contribution in [1.29, 1.82) is 0 Å². The number of rotatable bonds is 5. The fraction of sp³-hybridized carbons (Fsp3) is 0.429. The molecule has 0 aliphatic carbocycles. The van der Waals surface area contributed by atoms with Gasteiger partial charge in [-0.2, -0.15) is 13.2 Å². The molecule has 10 heteroatoms. The van der Waals surface area contributed by atoms with E-state index in [9.17, 15) is 18.0 Å². The summed E-state index contributed by atoms with van der Waals surface area (Å²) in [5.41, 5.74) is 0.106. The van der Waals surface area contributed by atoms with Gasteiger partial charge in [-0.15, -0.1) is 12.4 Å². The molecule has 1 aliphatic heterocycles. The van der Waals surface area contributed by atoms with Crippen LogP contribution in [0.25, 0.3) is 0 Å². The van der Waals surface area contributed by atoms with Crippen molar-refractivity contribution in [3.05, 3.63) is 58.7 Å². The number of nitrogens with one attached hydrogen (secondary N) is 1. The van der Waals surface area contributed by atoms with Crippen LogP contribution in [-0.2, 0) is 11.0 Å². The van der Waals surface area contributed by atoms with E-state index < -0.39 is 11.7 Å². The Hall–Kier alpha value is -2.03. The van der Waals surface area contributed by atoms with Crippen molar-refractivity contribution in [3.63, 3.8) is 0 Å². The van der Waals surface area contributed by atoms with Gasteiger partial charge in [-0.25, -0.2) is 4.98 Å². The third-order valence-corrected chi connectivity index (χ3v) is 5.45. The molecule has 170 valence electrons. The fourth-order valence-corrected chi connectivity index (χ4v) is 3.79. The molecule has 0 saturated carbocycles. The monoisotopic (exact) mass is 476 g/mol. The maximum Gasteiger partial charge on any atom is 0.417 e. The molecule has 2 aromatic rings. The molecule has 1 aliphatic rings. The molecule has 1 aromatic carbocycles. The van der Waals surface area contributed by atoms with E-state index in [2.05, 4.69) is 10.3 Å². The van der Waals surface area contributed by atoms with Gasteiger partial charge < -0.3 is 10.2 Å². The number of halogens is 5. The molecule has 1 atom stereocenters. The largest absolute Gasteiger partial charge is 0.417 e. The van der Waals surface area contributed by atoms with Crippen molar-refractivity contribution in [2.45, 2.75) is 25.6 Å².